The highest BCUT2D eigenvalue weighted by atomic mass is 15.2. The Bertz CT molecular complexity index is 383. The van der Waals surface area contributed by atoms with Crippen molar-refractivity contribution in [2.24, 2.45) is 18.7 Å². The molecule has 2 atom stereocenters. The van der Waals surface area contributed by atoms with Gasteiger partial charge in [-0.1, -0.05) is 0 Å². The minimum atomic E-state index is 0.494. The van der Waals surface area contributed by atoms with E-state index < -0.39 is 0 Å². The molecule has 1 aromatic heterocycles. The zero-order valence-electron chi connectivity index (χ0n) is 10.5. The van der Waals surface area contributed by atoms with Crippen LogP contribution in [-0.4, -0.2) is 33.6 Å². The molecule has 1 saturated carbocycles. The Morgan fingerprint density at radius 3 is 2.82 bits per heavy atom. The van der Waals surface area contributed by atoms with Crippen LogP contribution in [0, 0.1) is 5.92 Å². The van der Waals surface area contributed by atoms with Crippen molar-refractivity contribution in [1.82, 2.24) is 14.5 Å². The highest BCUT2D eigenvalue weighted by Crippen LogP contribution is 2.42. The summed E-state index contributed by atoms with van der Waals surface area (Å²) in [5.74, 6) is 0.597. The van der Waals surface area contributed by atoms with Crippen LogP contribution in [0.2, 0.25) is 0 Å². The van der Waals surface area contributed by atoms with Gasteiger partial charge in [-0.3, -0.25) is 4.90 Å². The third-order valence-corrected chi connectivity index (χ3v) is 4.27. The Hall–Kier alpha value is -0.870. The summed E-state index contributed by atoms with van der Waals surface area (Å²) in [5, 5.41) is 0. The van der Waals surface area contributed by atoms with E-state index in [9.17, 15) is 0 Å². The number of nitrogens with two attached hydrogens (primary N) is 1. The fourth-order valence-corrected chi connectivity index (χ4v) is 3.23. The molecule has 4 nitrogen and oxygen atoms in total. The van der Waals surface area contributed by atoms with Crippen LogP contribution >= 0.6 is 0 Å². The van der Waals surface area contributed by atoms with Crippen molar-refractivity contribution in [3.8, 4) is 0 Å². The molecule has 0 spiro atoms. The van der Waals surface area contributed by atoms with Gasteiger partial charge in [-0.15, -0.1) is 0 Å². The molecular formula is C13H22N4. The second-order valence-electron chi connectivity index (χ2n) is 5.48. The van der Waals surface area contributed by atoms with Gasteiger partial charge in [-0.25, -0.2) is 4.98 Å². The molecule has 0 bridgehead atoms. The Labute approximate surface area is 103 Å². The van der Waals surface area contributed by atoms with Crippen LogP contribution in [0.5, 0.6) is 0 Å². The summed E-state index contributed by atoms with van der Waals surface area (Å²) >= 11 is 0. The third kappa shape index (κ3) is 2.00. The van der Waals surface area contributed by atoms with Crippen LogP contribution in [0.25, 0.3) is 0 Å². The quantitative estimate of drug-likeness (QED) is 0.857. The summed E-state index contributed by atoms with van der Waals surface area (Å²) in [6, 6.07) is 1.30. The number of likely N-dealkylation sites (tertiary alicyclic amines) is 1. The van der Waals surface area contributed by atoms with Crippen LogP contribution in [0.4, 0.5) is 0 Å². The molecule has 2 N–H and O–H groups in total. The average molecular weight is 234 g/mol. The molecule has 1 aliphatic heterocycles. The van der Waals surface area contributed by atoms with Gasteiger partial charge in [-0.05, 0) is 44.7 Å². The standard InChI is InChI=1S/C13H22N4/c1-16-9-15-8-12(16)13-10(7-14)3-2-6-17(13)11-4-5-11/h8-11,13H,2-7,14H2,1H3/t10-,13+/m1/s1. The van der Waals surface area contributed by atoms with E-state index in [0.29, 0.717) is 12.0 Å². The van der Waals surface area contributed by atoms with Crippen molar-refractivity contribution in [2.45, 2.75) is 37.8 Å². The lowest BCUT2D eigenvalue weighted by Crippen LogP contribution is -2.43. The number of aromatic nitrogens is 2. The summed E-state index contributed by atoms with van der Waals surface area (Å²) in [7, 11) is 2.09. The van der Waals surface area contributed by atoms with Gasteiger partial charge in [0.05, 0.1) is 18.1 Å². The Morgan fingerprint density at radius 2 is 2.24 bits per heavy atom. The molecule has 0 amide bonds. The maximum Gasteiger partial charge on any atom is 0.0946 e. The normalized spacial score (nSPS) is 30.7. The van der Waals surface area contributed by atoms with Gasteiger partial charge in [0.2, 0.25) is 0 Å². The van der Waals surface area contributed by atoms with Crippen LogP contribution in [0.1, 0.15) is 37.4 Å². The molecule has 1 aliphatic carbocycles. The number of piperidine rings is 1. The van der Waals surface area contributed by atoms with Crippen LogP contribution in [-0.2, 0) is 7.05 Å². The fourth-order valence-electron chi connectivity index (χ4n) is 3.23. The highest BCUT2D eigenvalue weighted by Gasteiger charge is 2.40. The van der Waals surface area contributed by atoms with Gasteiger partial charge in [0.25, 0.3) is 0 Å². The molecular weight excluding hydrogens is 212 g/mol. The fraction of sp³-hybridized carbons (Fsp3) is 0.769. The van der Waals surface area contributed by atoms with E-state index in [1.165, 1.54) is 37.9 Å². The number of aryl methyl sites for hydroxylation is 1. The SMILES string of the molecule is Cn1cncc1[C@@H]1[C@@H](CN)CCCN1C1CC1. The first-order chi connectivity index (χ1) is 8.31. The van der Waals surface area contributed by atoms with Crippen molar-refractivity contribution in [1.29, 1.82) is 0 Å². The number of nitrogens with zero attached hydrogens (tertiary/aromatic N) is 3. The highest BCUT2D eigenvalue weighted by molar-refractivity contribution is 5.11. The minimum absolute atomic E-state index is 0.494. The van der Waals surface area contributed by atoms with E-state index in [1.54, 1.807) is 0 Å². The number of imidazole rings is 1. The first-order valence-corrected chi connectivity index (χ1v) is 6.73. The van der Waals surface area contributed by atoms with Crippen LogP contribution in [0.3, 0.4) is 0 Å². The molecule has 2 heterocycles. The molecule has 3 rings (SSSR count). The smallest absolute Gasteiger partial charge is 0.0946 e. The van der Waals surface area contributed by atoms with Gasteiger partial charge in [0.15, 0.2) is 0 Å². The van der Waals surface area contributed by atoms with E-state index in [-0.39, 0.29) is 0 Å². The van der Waals surface area contributed by atoms with Crippen molar-refractivity contribution in [2.75, 3.05) is 13.1 Å². The summed E-state index contributed by atoms with van der Waals surface area (Å²) in [5.41, 5.74) is 7.32. The molecule has 1 aromatic rings. The zero-order valence-corrected chi connectivity index (χ0v) is 10.5. The maximum atomic E-state index is 5.98. The molecule has 2 aliphatic rings. The van der Waals surface area contributed by atoms with Crippen LogP contribution in [0.15, 0.2) is 12.5 Å². The number of rotatable bonds is 3. The molecule has 2 fully saturated rings. The number of hydrogen-bond donors (Lipinski definition) is 1. The van der Waals surface area contributed by atoms with Gasteiger partial charge in [-0.2, -0.15) is 0 Å². The molecule has 0 aromatic carbocycles. The van der Waals surface area contributed by atoms with E-state index in [4.69, 9.17) is 5.73 Å². The summed E-state index contributed by atoms with van der Waals surface area (Å²) < 4.78 is 2.16. The van der Waals surface area contributed by atoms with Crippen molar-refractivity contribution < 1.29 is 0 Å². The first kappa shape index (κ1) is 11.2. The summed E-state index contributed by atoms with van der Waals surface area (Å²) in [4.78, 5) is 6.95. The van der Waals surface area contributed by atoms with E-state index in [0.717, 1.165) is 12.6 Å². The van der Waals surface area contributed by atoms with Crippen LogP contribution < -0.4 is 5.73 Å². The second-order valence-corrected chi connectivity index (χ2v) is 5.48. The first-order valence-electron chi connectivity index (χ1n) is 6.73. The number of hydrogen-bond acceptors (Lipinski definition) is 3. The molecule has 1 saturated heterocycles. The largest absolute Gasteiger partial charge is 0.336 e. The second kappa shape index (κ2) is 4.42. The minimum Gasteiger partial charge on any atom is -0.336 e. The molecule has 0 unspecified atom stereocenters. The molecule has 4 heteroatoms. The van der Waals surface area contributed by atoms with E-state index in [2.05, 4.69) is 21.5 Å². The lowest BCUT2D eigenvalue weighted by molar-refractivity contribution is 0.0830. The average Bonchev–Trinajstić information content (AvgIpc) is 3.11. The Kier molecular flexibility index (Phi) is 2.92. The summed E-state index contributed by atoms with van der Waals surface area (Å²) in [6.45, 7) is 2.02. The van der Waals surface area contributed by atoms with E-state index >= 15 is 0 Å². The lowest BCUT2D eigenvalue weighted by atomic mass is 9.87. The van der Waals surface area contributed by atoms with Crippen molar-refractivity contribution in [3.63, 3.8) is 0 Å². The van der Waals surface area contributed by atoms with Gasteiger partial charge in [0.1, 0.15) is 0 Å². The zero-order chi connectivity index (χ0) is 11.8. The van der Waals surface area contributed by atoms with Gasteiger partial charge >= 0.3 is 0 Å². The predicted octanol–water partition coefficient (Wildman–Crippen LogP) is 1.29. The van der Waals surface area contributed by atoms with Gasteiger partial charge < -0.3 is 10.3 Å². The maximum absolute atomic E-state index is 5.98. The van der Waals surface area contributed by atoms with Crippen molar-refractivity contribution in [3.05, 3.63) is 18.2 Å². The van der Waals surface area contributed by atoms with Crippen molar-refractivity contribution >= 4 is 0 Å². The topological polar surface area (TPSA) is 47.1 Å². The molecule has 17 heavy (non-hydrogen) atoms. The summed E-state index contributed by atoms with van der Waals surface area (Å²) in [6.07, 6.45) is 9.22. The third-order valence-electron chi connectivity index (χ3n) is 4.27. The predicted molar refractivity (Wildman–Crippen MR) is 67.5 cm³/mol. The Morgan fingerprint density at radius 1 is 1.41 bits per heavy atom. The van der Waals surface area contributed by atoms with E-state index in [1.807, 2.05) is 12.5 Å². The van der Waals surface area contributed by atoms with Gasteiger partial charge in [0, 0.05) is 19.3 Å². The lowest BCUT2D eigenvalue weighted by Gasteiger charge is -2.41. The molecule has 94 valence electrons. The monoisotopic (exact) mass is 234 g/mol. The molecule has 0 radical (unpaired) electrons. The Balaban J connectivity index is 1.91.